The van der Waals surface area contributed by atoms with Gasteiger partial charge in [-0.3, -0.25) is 14.4 Å². The Labute approximate surface area is 368 Å². The fourth-order valence-corrected chi connectivity index (χ4v) is 10.5. The molecule has 0 aromatic heterocycles. The van der Waals surface area contributed by atoms with Crippen LogP contribution >= 0.6 is 0 Å². The molecule has 0 radical (unpaired) electrons. The van der Waals surface area contributed by atoms with Crippen molar-refractivity contribution >= 4 is 88.6 Å². The van der Waals surface area contributed by atoms with Crippen molar-refractivity contribution in [2.75, 3.05) is 0 Å². The van der Waals surface area contributed by atoms with Crippen LogP contribution in [-0.4, -0.2) is 74.1 Å². The van der Waals surface area contributed by atoms with Crippen molar-refractivity contribution in [2.45, 2.75) is 14.7 Å². The Kier molecular flexibility index (Phi) is 10.8. The Bertz CT molecular complexity index is 3650. The molecule has 5 aromatic rings. The summed E-state index contributed by atoms with van der Waals surface area (Å²) in [6.45, 7) is 3.85. The van der Waals surface area contributed by atoms with Gasteiger partial charge in [-0.1, -0.05) is 73.3 Å². The molecular formula is C44H24N6O12S3. The van der Waals surface area contributed by atoms with Gasteiger partial charge in [0.15, 0.2) is 11.5 Å². The topological polar surface area (TPSA) is 291 Å². The van der Waals surface area contributed by atoms with Gasteiger partial charge in [0.25, 0.3) is 11.6 Å². The number of ketones is 3. The highest BCUT2D eigenvalue weighted by Crippen LogP contribution is 2.46. The molecule has 0 saturated heterocycles. The molecule has 3 aliphatic rings. The number of rotatable bonds is 11. The first-order valence-electron chi connectivity index (χ1n) is 18.5. The van der Waals surface area contributed by atoms with E-state index in [9.17, 15) is 56.2 Å². The molecule has 0 atom stereocenters. The van der Waals surface area contributed by atoms with Crippen LogP contribution in [0.4, 0.5) is 0 Å². The number of hydrogen-bond donors (Lipinski definition) is 0. The Hall–Kier alpha value is -8.54. The smallest absolute Gasteiger partial charge is 0.362 e. The summed E-state index contributed by atoms with van der Waals surface area (Å²) < 4.78 is 104. The van der Waals surface area contributed by atoms with Gasteiger partial charge in [0, 0.05) is 51.6 Å². The molecule has 3 aliphatic carbocycles. The summed E-state index contributed by atoms with van der Waals surface area (Å²) in [6.07, 6.45) is 6.84. The predicted octanol–water partition coefficient (Wildman–Crippen LogP) is 5.69. The summed E-state index contributed by atoms with van der Waals surface area (Å²) >= 11 is 0. The van der Waals surface area contributed by atoms with Crippen molar-refractivity contribution in [1.82, 2.24) is 0 Å². The van der Waals surface area contributed by atoms with Crippen LogP contribution in [0.5, 0.6) is 17.2 Å². The maximum absolute atomic E-state index is 14.6. The van der Waals surface area contributed by atoms with Gasteiger partial charge in [0.1, 0.15) is 14.7 Å². The highest BCUT2D eigenvalue weighted by molar-refractivity contribution is 7.88. The summed E-state index contributed by atoms with van der Waals surface area (Å²) in [7, 11) is -15.8. The number of nitrogens with zero attached hydrogens (tertiary/aromatic N) is 6. The van der Waals surface area contributed by atoms with E-state index >= 15 is 0 Å². The zero-order valence-corrected chi connectivity index (χ0v) is 35.2. The summed E-state index contributed by atoms with van der Waals surface area (Å²) in [4.78, 5) is 47.5. The van der Waals surface area contributed by atoms with E-state index < -0.39 is 96.6 Å². The highest BCUT2D eigenvalue weighted by atomic mass is 32.2. The van der Waals surface area contributed by atoms with Crippen LogP contribution in [0.2, 0.25) is 0 Å². The molecule has 18 nitrogen and oxygen atoms in total. The van der Waals surface area contributed by atoms with Crippen molar-refractivity contribution in [2.24, 2.45) is 0 Å². The van der Waals surface area contributed by atoms with Crippen LogP contribution in [0.3, 0.4) is 0 Å². The lowest BCUT2D eigenvalue weighted by atomic mass is 9.92. The molecule has 0 bridgehead atoms. The number of allylic oxidation sites excluding steroid dienone is 4. The van der Waals surface area contributed by atoms with E-state index in [0.29, 0.717) is 0 Å². The van der Waals surface area contributed by atoms with E-state index in [0.717, 1.165) is 66.8 Å². The average molecular weight is 925 g/mol. The number of carbonyl (C=O) groups excluding carboxylic acids is 3. The SMILES string of the molecule is C=C1C(=[N+]=[N-])C=Cc2c1cccc2S(=O)(=O)Oc1ccc(C(=O)c2ccccc2)c(OS(=O)(=O)c2cccc3c2C=CC(=[N+]=[N-])C3=O)c1OS(=O)(=O)c1cccc2c1C=CC(=[N+]=[N-])C2=O. The lowest BCUT2D eigenvalue weighted by molar-refractivity contribution is -0.00459. The van der Waals surface area contributed by atoms with Crippen LogP contribution in [0.15, 0.2) is 137 Å². The van der Waals surface area contributed by atoms with E-state index in [1.165, 1.54) is 60.7 Å². The minimum absolute atomic E-state index is 0.000994. The van der Waals surface area contributed by atoms with E-state index in [1.54, 1.807) is 6.07 Å². The predicted molar refractivity (Wildman–Crippen MR) is 230 cm³/mol. The van der Waals surface area contributed by atoms with Crippen LogP contribution < -0.4 is 12.5 Å². The molecule has 65 heavy (non-hydrogen) atoms. The number of benzene rings is 5. The molecule has 0 unspecified atom stereocenters. The second-order valence-corrected chi connectivity index (χ2v) is 18.4. The molecule has 5 aromatic carbocycles. The largest absolute Gasteiger partial charge is 0.375 e. The Balaban J connectivity index is 1.37. The summed E-state index contributed by atoms with van der Waals surface area (Å²) in [5, 5.41) is 0. The van der Waals surface area contributed by atoms with E-state index in [-0.39, 0.29) is 50.2 Å². The van der Waals surface area contributed by atoms with E-state index in [2.05, 4.69) is 20.9 Å². The van der Waals surface area contributed by atoms with Gasteiger partial charge >= 0.3 is 47.5 Å². The average Bonchev–Trinajstić information content (AvgIpc) is 3.30. The third kappa shape index (κ3) is 7.60. The van der Waals surface area contributed by atoms with Crippen molar-refractivity contribution in [3.05, 3.63) is 183 Å². The standard InChI is InChI=1S/C44H24N6O12S3/c1-24-26-10-5-13-37(27(26)16-20-33(24)48-45)63(54,55)60-36-23-19-32(40(51)25-8-3-2-4-9-25)43(61-64(56,57)38-14-6-11-30-28(38)17-21-34(49-46)41(30)52)44(36)62-65(58,59)39-15-7-12-31-29(39)18-22-35(50-47)42(31)53/h2-23H,1H2. The van der Waals surface area contributed by atoms with Crippen molar-refractivity contribution < 1.29 is 66.6 Å². The lowest BCUT2D eigenvalue weighted by Crippen LogP contribution is -2.23. The molecular weight excluding hydrogens is 901 g/mol. The Morgan fingerprint density at radius 3 is 1.40 bits per heavy atom. The molecule has 0 aliphatic heterocycles. The van der Waals surface area contributed by atoms with Gasteiger partial charge in [-0.2, -0.15) is 39.6 Å². The van der Waals surface area contributed by atoms with Crippen LogP contribution in [-0.2, 0) is 30.4 Å². The molecule has 21 heteroatoms. The number of Topliss-reactive ketones (excluding diaryl/α,β-unsaturated/α-hetero) is 2. The minimum Gasteiger partial charge on any atom is -0.375 e. The van der Waals surface area contributed by atoms with Crippen LogP contribution in [0.1, 0.15) is 58.9 Å². The first-order chi connectivity index (χ1) is 31.0. The third-order valence-electron chi connectivity index (χ3n) is 10.1. The zero-order valence-electron chi connectivity index (χ0n) is 32.7. The fraction of sp³-hybridized carbons (Fsp3) is 0. The molecule has 0 spiro atoms. The van der Waals surface area contributed by atoms with Crippen molar-refractivity contribution in [1.29, 1.82) is 0 Å². The van der Waals surface area contributed by atoms with Gasteiger partial charge < -0.3 is 29.1 Å². The lowest BCUT2D eigenvalue weighted by Gasteiger charge is -2.21. The molecule has 0 N–H and O–H groups in total. The first kappa shape index (κ1) is 43.1. The summed E-state index contributed by atoms with van der Waals surface area (Å²) in [5.74, 6) is -6.27. The van der Waals surface area contributed by atoms with Gasteiger partial charge in [-0.25, -0.2) is 0 Å². The molecule has 0 fully saturated rings. The first-order valence-corrected chi connectivity index (χ1v) is 22.7. The maximum atomic E-state index is 14.6. The van der Waals surface area contributed by atoms with Gasteiger partial charge in [-0.15, -0.1) is 0 Å². The fourth-order valence-electron chi connectivity index (χ4n) is 7.03. The maximum Gasteiger partial charge on any atom is 0.362 e. The van der Waals surface area contributed by atoms with Crippen molar-refractivity contribution in [3.63, 3.8) is 0 Å². The van der Waals surface area contributed by atoms with E-state index in [4.69, 9.17) is 12.5 Å². The molecule has 0 heterocycles. The number of hydrogen-bond acceptors (Lipinski definition) is 12. The van der Waals surface area contributed by atoms with Crippen LogP contribution in [0, 0.1) is 0 Å². The zero-order chi connectivity index (χ0) is 46.4. The van der Waals surface area contributed by atoms with Gasteiger partial charge in [0.05, 0.1) is 11.1 Å². The molecule has 0 saturated carbocycles. The Morgan fingerprint density at radius 1 is 0.477 bits per heavy atom. The van der Waals surface area contributed by atoms with Gasteiger partial charge in [0.2, 0.25) is 11.5 Å². The second-order valence-electron chi connectivity index (χ2n) is 13.8. The number of carbonyl (C=O) groups is 3. The van der Waals surface area contributed by atoms with Gasteiger partial charge in [-0.05, 0) is 54.1 Å². The minimum atomic E-state index is -5.38. The summed E-state index contributed by atoms with van der Waals surface area (Å²) in [6, 6.07) is 19.6. The Morgan fingerprint density at radius 2 is 0.908 bits per heavy atom. The number of fused-ring (bicyclic) bond motifs is 3. The quantitative estimate of drug-likeness (QED) is 0.0668. The molecule has 8 rings (SSSR count). The monoisotopic (exact) mass is 924 g/mol. The van der Waals surface area contributed by atoms with Crippen LogP contribution in [0.25, 0.3) is 40.4 Å². The van der Waals surface area contributed by atoms with Crippen molar-refractivity contribution in [3.8, 4) is 17.2 Å². The normalized spacial score (nSPS) is 14.1. The van der Waals surface area contributed by atoms with E-state index in [1.807, 2.05) is 0 Å². The molecule has 320 valence electrons. The molecule has 0 amide bonds. The highest BCUT2D eigenvalue weighted by Gasteiger charge is 2.38. The third-order valence-corrected chi connectivity index (χ3v) is 13.9. The summed E-state index contributed by atoms with van der Waals surface area (Å²) in [5.41, 5.74) is 25.7. The second kappa shape index (κ2) is 16.3.